The highest BCUT2D eigenvalue weighted by Gasteiger charge is 2.40. The number of hydrogen-bond donors (Lipinski definition) is 0. The minimum atomic E-state index is -3.62. The maximum absolute atomic E-state index is 13.5. The van der Waals surface area contributed by atoms with Gasteiger partial charge >= 0.3 is 0 Å². The summed E-state index contributed by atoms with van der Waals surface area (Å²) in [7, 11) is -3.62. The maximum Gasteiger partial charge on any atom is 0.246 e. The summed E-state index contributed by atoms with van der Waals surface area (Å²) in [5.41, 5.74) is 3.71. The van der Waals surface area contributed by atoms with Crippen molar-refractivity contribution in [2.45, 2.75) is 51.1 Å². The van der Waals surface area contributed by atoms with Gasteiger partial charge in [-0.05, 0) is 41.3 Å². The Balaban J connectivity index is 1.63. The number of amides is 2. The van der Waals surface area contributed by atoms with Crippen LogP contribution in [0.3, 0.4) is 0 Å². The molecule has 0 aromatic heterocycles. The Bertz CT molecular complexity index is 1160. The number of sulfonamides is 1. The Morgan fingerprint density at radius 1 is 1.03 bits per heavy atom. The average Bonchev–Trinajstić information content (AvgIpc) is 3.18. The van der Waals surface area contributed by atoms with Gasteiger partial charge in [-0.15, -0.1) is 0 Å². The van der Waals surface area contributed by atoms with Gasteiger partial charge in [-0.2, -0.15) is 4.31 Å². The number of carbonyl (C=O) groups excluding carboxylic acids is 2. The SMILES string of the molecule is CCN(CC)S(=O)(=O)c1ccc2c(c1)C[C@H](C(=O)N1CCc3ccccc3C1)N2C(C)=O. The molecule has 0 unspecified atom stereocenters. The van der Waals surface area contributed by atoms with Crippen LogP contribution in [0.5, 0.6) is 0 Å². The monoisotopic (exact) mass is 455 g/mol. The van der Waals surface area contributed by atoms with Crippen molar-refractivity contribution >= 4 is 27.5 Å². The van der Waals surface area contributed by atoms with E-state index in [-0.39, 0.29) is 16.7 Å². The first-order chi connectivity index (χ1) is 15.3. The third-order valence-corrected chi connectivity index (χ3v) is 8.49. The second-order valence-electron chi connectivity index (χ2n) is 8.27. The lowest BCUT2D eigenvalue weighted by Gasteiger charge is -2.33. The van der Waals surface area contributed by atoms with E-state index < -0.39 is 16.1 Å². The molecule has 32 heavy (non-hydrogen) atoms. The highest BCUT2D eigenvalue weighted by Crippen LogP contribution is 2.36. The van der Waals surface area contributed by atoms with Gasteiger partial charge in [0, 0.05) is 45.2 Å². The molecule has 2 aliphatic heterocycles. The predicted molar refractivity (Wildman–Crippen MR) is 123 cm³/mol. The average molecular weight is 456 g/mol. The van der Waals surface area contributed by atoms with Crippen LogP contribution in [-0.2, 0) is 39.0 Å². The van der Waals surface area contributed by atoms with Crippen molar-refractivity contribution < 1.29 is 18.0 Å². The lowest BCUT2D eigenvalue weighted by Crippen LogP contribution is -2.50. The fourth-order valence-corrected chi connectivity index (χ4v) is 6.29. The summed E-state index contributed by atoms with van der Waals surface area (Å²) in [4.78, 5) is 29.5. The van der Waals surface area contributed by atoms with E-state index in [1.165, 1.54) is 27.8 Å². The number of carbonyl (C=O) groups is 2. The van der Waals surface area contributed by atoms with Crippen molar-refractivity contribution in [3.8, 4) is 0 Å². The molecule has 2 aromatic rings. The van der Waals surface area contributed by atoms with Gasteiger partial charge in [0.15, 0.2) is 0 Å². The van der Waals surface area contributed by atoms with Crippen molar-refractivity contribution in [1.82, 2.24) is 9.21 Å². The molecule has 170 valence electrons. The van der Waals surface area contributed by atoms with E-state index in [2.05, 4.69) is 6.07 Å². The van der Waals surface area contributed by atoms with E-state index in [1.807, 2.05) is 23.1 Å². The zero-order chi connectivity index (χ0) is 23.0. The Labute approximate surface area is 189 Å². The summed E-state index contributed by atoms with van der Waals surface area (Å²) >= 11 is 0. The summed E-state index contributed by atoms with van der Waals surface area (Å²) in [6, 6.07) is 12.3. The van der Waals surface area contributed by atoms with Crippen LogP contribution >= 0.6 is 0 Å². The second-order valence-corrected chi connectivity index (χ2v) is 10.2. The molecule has 7 nitrogen and oxygen atoms in total. The fraction of sp³-hybridized carbons (Fsp3) is 0.417. The van der Waals surface area contributed by atoms with E-state index >= 15 is 0 Å². The fourth-order valence-electron chi connectivity index (χ4n) is 4.78. The number of benzene rings is 2. The lowest BCUT2D eigenvalue weighted by atomic mass is 9.99. The van der Waals surface area contributed by atoms with Crippen LogP contribution in [0.25, 0.3) is 0 Å². The van der Waals surface area contributed by atoms with E-state index in [0.717, 1.165) is 12.0 Å². The third-order valence-electron chi connectivity index (χ3n) is 6.45. The molecule has 0 saturated carbocycles. The molecule has 0 radical (unpaired) electrons. The molecule has 2 aromatic carbocycles. The Morgan fingerprint density at radius 3 is 2.38 bits per heavy atom. The van der Waals surface area contributed by atoms with Crippen LogP contribution < -0.4 is 4.90 Å². The number of fused-ring (bicyclic) bond motifs is 2. The molecular formula is C24H29N3O4S. The van der Waals surface area contributed by atoms with Crippen molar-refractivity contribution in [1.29, 1.82) is 0 Å². The lowest BCUT2D eigenvalue weighted by molar-refractivity contribution is -0.135. The van der Waals surface area contributed by atoms with Gasteiger partial charge in [0.05, 0.1) is 4.90 Å². The minimum Gasteiger partial charge on any atom is -0.336 e. The van der Waals surface area contributed by atoms with Crippen LogP contribution in [0.1, 0.15) is 37.5 Å². The van der Waals surface area contributed by atoms with E-state index in [1.54, 1.807) is 26.0 Å². The molecule has 4 rings (SSSR count). The number of rotatable bonds is 5. The summed E-state index contributed by atoms with van der Waals surface area (Å²) in [5.74, 6) is -0.321. The van der Waals surface area contributed by atoms with E-state index in [0.29, 0.717) is 43.9 Å². The van der Waals surface area contributed by atoms with Crippen molar-refractivity contribution in [3.05, 3.63) is 59.2 Å². The van der Waals surface area contributed by atoms with Crippen molar-refractivity contribution in [2.75, 3.05) is 24.5 Å². The highest BCUT2D eigenvalue weighted by molar-refractivity contribution is 7.89. The minimum absolute atomic E-state index is 0.0981. The maximum atomic E-state index is 13.5. The summed E-state index contributed by atoms with van der Waals surface area (Å²) in [5, 5.41) is 0. The zero-order valence-corrected chi connectivity index (χ0v) is 19.6. The first-order valence-corrected chi connectivity index (χ1v) is 12.5. The topological polar surface area (TPSA) is 78.0 Å². The molecule has 2 heterocycles. The van der Waals surface area contributed by atoms with Gasteiger partial charge in [-0.3, -0.25) is 14.5 Å². The number of nitrogens with zero attached hydrogens (tertiary/aromatic N) is 3. The van der Waals surface area contributed by atoms with Gasteiger partial charge in [0.2, 0.25) is 21.8 Å². The molecule has 0 bridgehead atoms. The normalized spacial score (nSPS) is 17.9. The first-order valence-electron chi connectivity index (χ1n) is 11.1. The van der Waals surface area contributed by atoms with E-state index in [9.17, 15) is 18.0 Å². The predicted octanol–water partition coefficient (Wildman–Crippen LogP) is 2.58. The van der Waals surface area contributed by atoms with Crippen molar-refractivity contribution in [2.24, 2.45) is 0 Å². The molecule has 0 spiro atoms. The molecule has 2 amide bonds. The van der Waals surface area contributed by atoms with Gasteiger partial charge in [-0.25, -0.2) is 8.42 Å². The van der Waals surface area contributed by atoms with Gasteiger partial charge in [-0.1, -0.05) is 38.1 Å². The van der Waals surface area contributed by atoms with Crippen LogP contribution in [0.15, 0.2) is 47.4 Å². The Kier molecular flexibility index (Phi) is 6.09. The molecule has 0 saturated heterocycles. The summed E-state index contributed by atoms with van der Waals surface area (Å²) < 4.78 is 27.3. The smallest absolute Gasteiger partial charge is 0.246 e. The molecular weight excluding hydrogens is 426 g/mol. The molecule has 8 heteroatoms. The Hall–Kier alpha value is -2.71. The van der Waals surface area contributed by atoms with E-state index in [4.69, 9.17) is 0 Å². The van der Waals surface area contributed by atoms with Gasteiger partial charge in [0.1, 0.15) is 6.04 Å². The van der Waals surface area contributed by atoms with Gasteiger partial charge < -0.3 is 4.90 Å². The third kappa shape index (κ3) is 3.82. The molecule has 0 N–H and O–H groups in total. The van der Waals surface area contributed by atoms with Crippen molar-refractivity contribution in [3.63, 3.8) is 0 Å². The molecule has 1 atom stereocenters. The quantitative estimate of drug-likeness (QED) is 0.694. The second kappa shape index (κ2) is 8.67. The largest absolute Gasteiger partial charge is 0.336 e. The van der Waals surface area contributed by atoms with Crippen LogP contribution in [0, 0.1) is 0 Å². The summed E-state index contributed by atoms with van der Waals surface area (Å²) in [6.45, 7) is 6.95. The summed E-state index contributed by atoms with van der Waals surface area (Å²) in [6.07, 6.45) is 1.10. The molecule has 2 aliphatic rings. The standard InChI is InChI=1S/C24H29N3O4S/c1-4-26(5-2)32(30,31)21-10-11-22-20(14-21)15-23(27(22)17(3)28)24(29)25-13-12-18-8-6-7-9-19(18)16-25/h6-11,14,23H,4-5,12-13,15-16H2,1-3H3/t23-/m1/s1. The van der Waals surface area contributed by atoms with Gasteiger partial charge in [0.25, 0.3) is 0 Å². The van der Waals surface area contributed by atoms with Crippen LogP contribution in [0.4, 0.5) is 5.69 Å². The Morgan fingerprint density at radius 2 is 1.72 bits per heavy atom. The van der Waals surface area contributed by atoms with Crippen LogP contribution in [-0.4, -0.2) is 55.1 Å². The highest BCUT2D eigenvalue weighted by atomic mass is 32.2. The zero-order valence-electron chi connectivity index (χ0n) is 18.7. The number of hydrogen-bond acceptors (Lipinski definition) is 4. The molecule has 0 fully saturated rings. The first kappa shape index (κ1) is 22.5. The molecule has 0 aliphatic carbocycles. The van der Waals surface area contributed by atoms with Crippen LogP contribution in [0.2, 0.25) is 0 Å². The number of anilines is 1.